The first-order valence-electron chi connectivity index (χ1n) is 12.1. The quantitative estimate of drug-likeness (QED) is 0.763. The van der Waals surface area contributed by atoms with Crippen LogP contribution in [0, 0.1) is 23.7 Å². The molecule has 5 heteroatoms. The number of fused-ring (bicyclic) bond motifs is 7. The number of carbonyl (C=O) groups is 2. The minimum atomic E-state index is -0.243. The summed E-state index contributed by atoms with van der Waals surface area (Å²) >= 11 is 0. The molecule has 32 heavy (non-hydrogen) atoms. The van der Waals surface area contributed by atoms with Crippen molar-refractivity contribution in [2.24, 2.45) is 29.4 Å². The summed E-state index contributed by atoms with van der Waals surface area (Å²) in [7, 11) is 0. The van der Waals surface area contributed by atoms with E-state index in [-0.39, 0.29) is 17.7 Å². The summed E-state index contributed by atoms with van der Waals surface area (Å²) in [4.78, 5) is 26.7. The minimum Gasteiger partial charge on any atom is -0.378 e. The van der Waals surface area contributed by atoms with Gasteiger partial charge in [0, 0.05) is 30.3 Å². The molecule has 0 unspecified atom stereocenters. The zero-order valence-corrected chi connectivity index (χ0v) is 18.4. The number of likely N-dealkylation sites (tertiary alicyclic amines) is 1. The third-order valence-electron chi connectivity index (χ3n) is 8.68. The number of nitrogens with one attached hydrogen (secondary N) is 1. The summed E-state index contributed by atoms with van der Waals surface area (Å²) < 4.78 is 0. The highest BCUT2D eigenvalue weighted by atomic mass is 16.2. The Kier molecular flexibility index (Phi) is 4.74. The van der Waals surface area contributed by atoms with Gasteiger partial charge in [0.1, 0.15) is 0 Å². The van der Waals surface area contributed by atoms with E-state index >= 15 is 0 Å². The molecule has 2 aliphatic heterocycles. The van der Waals surface area contributed by atoms with E-state index in [1.54, 1.807) is 0 Å². The molecule has 5 nitrogen and oxygen atoms in total. The molecule has 0 aromatic heterocycles. The fourth-order valence-electron chi connectivity index (χ4n) is 7.16. The van der Waals surface area contributed by atoms with Crippen LogP contribution >= 0.6 is 0 Å². The van der Waals surface area contributed by atoms with Crippen molar-refractivity contribution in [2.75, 3.05) is 18.4 Å². The lowest BCUT2D eigenvalue weighted by Crippen LogP contribution is -2.42. The van der Waals surface area contributed by atoms with Crippen molar-refractivity contribution in [3.05, 3.63) is 65.2 Å². The van der Waals surface area contributed by atoms with Crippen molar-refractivity contribution in [1.29, 1.82) is 0 Å². The van der Waals surface area contributed by atoms with Crippen molar-refractivity contribution in [2.45, 2.75) is 44.1 Å². The smallest absolute Gasteiger partial charge is 0.253 e. The van der Waals surface area contributed by atoms with E-state index in [0.717, 1.165) is 17.4 Å². The fraction of sp³-hybridized carbons (Fsp3) is 0.481. The topological polar surface area (TPSA) is 75.4 Å². The van der Waals surface area contributed by atoms with Gasteiger partial charge in [-0.1, -0.05) is 30.3 Å². The monoisotopic (exact) mass is 429 g/mol. The van der Waals surface area contributed by atoms with Gasteiger partial charge in [-0.3, -0.25) is 9.59 Å². The number of anilines is 1. The van der Waals surface area contributed by atoms with Crippen LogP contribution in [0.1, 0.15) is 65.5 Å². The zero-order valence-electron chi connectivity index (χ0n) is 18.4. The molecule has 0 spiro atoms. The summed E-state index contributed by atoms with van der Waals surface area (Å²) in [5.74, 6) is 2.37. The average Bonchev–Trinajstić information content (AvgIpc) is 3.46. The SMILES string of the molecule is NC(=O)C1CCN(C(=O)c2ccc3c(c2)[C@@H]2[C@H]4CC[C@@H](C4)[C@H]2[C@H](c2ccccc2)N3)CC1. The molecule has 5 atom stereocenters. The summed E-state index contributed by atoms with van der Waals surface area (Å²) in [6, 6.07) is 17.5. The Morgan fingerprint density at radius 1 is 0.938 bits per heavy atom. The van der Waals surface area contributed by atoms with Crippen LogP contribution in [0.5, 0.6) is 0 Å². The largest absolute Gasteiger partial charge is 0.378 e. The second-order valence-corrected chi connectivity index (χ2v) is 10.2. The van der Waals surface area contributed by atoms with Crippen LogP contribution in [0.3, 0.4) is 0 Å². The fourth-order valence-corrected chi connectivity index (χ4v) is 7.16. The number of primary amides is 1. The molecule has 2 aromatic carbocycles. The van der Waals surface area contributed by atoms with Crippen molar-refractivity contribution >= 4 is 17.5 Å². The molecule has 0 radical (unpaired) electrons. The molecule has 2 amide bonds. The Hall–Kier alpha value is -2.82. The van der Waals surface area contributed by atoms with Crippen molar-refractivity contribution in [3.63, 3.8) is 0 Å². The molecule has 2 saturated carbocycles. The average molecular weight is 430 g/mol. The van der Waals surface area contributed by atoms with Gasteiger partial charge in [0.2, 0.25) is 5.91 Å². The Labute approximate surface area is 189 Å². The number of carbonyl (C=O) groups excluding carboxylic acids is 2. The number of amides is 2. The summed E-state index contributed by atoms with van der Waals surface area (Å²) in [6.07, 6.45) is 5.30. The highest BCUT2D eigenvalue weighted by Crippen LogP contribution is 2.63. The van der Waals surface area contributed by atoms with E-state index < -0.39 is 0 Å². The predicted molar refractivity (Wildman–Crippen MR) is 124 cm³/mol. The lowest BCUT2D eigenvalue weighted by Gasteiger charge is -2.43. The van der Waals surface area contributed by atoms with E-state index in [4.69, 9.17) is 5.73 Å². The third kappa shape index (κ3) is 3.13. The molecule has 2 bridgehead atoms. The number of hydrogen-bond acceptors (Lipinski definition) is 3. The molecule has 6 rings (SSSR count). The van der Waals surface area contributed by atoms with Crippen molar-refractivity contribution in [3.8, 4) is 0 Å². The van der Waals surface area contributed by atoms with Crippen LogP contribution in [-0.4, -0.2) is 29.8 Å². The lowest BCUT2D eigenvalue weighted by molar-refractivity contribution is -0.123. The summed E-state index contributed by atoms with van der Waals surface area (Å²) in [6.45, 7) is 1.21. The molecule has 3 fully saturated rings. The van der Waals surface area contributed by atoms with Gasteiger partial charge in [-0.2, -0.15) is 0 Å². The number of piperidine rings is 1. The van der Waals surface area contributed by atoms with Crippen LogP contribution in [0.4, 0.5) is 5.69 Å². The number of nitrogens with two attached hydrogens (primary N) is 1. The third-order valence-corrected chi connectivity index (χ3v) is 8.68. The standard InChI is InChI=1S/C27H31N3O2/c28-26(31)17-10-12-30(13-11-17)27(32)20-8-9-22-21(15-20)23-18-6-7-19(14-18)24(23)25(29-22)16-4-2-1-3-5-16/h1-5,8-9,15,17-19,23-25,29H,6-7,10-14H2,(H2,28,31)/t18-,19-,23-,24+,25-/m0/s1. The zero-order chi connectivity index (χ0) is 21.8. The maximum atomic E-state index is 13.3. The number of rotatable bonds is 3. The molecule has 4 aliphatic rings. The maximum Gasteiger partial charge on any atom is 0.253 e. The first-order valence-corrected chi connectivity index (χ1v) is 12.1. The molecule has 2 aromatic rings. The Balaban J connectivity index is 1.30. The molecule has 1 saturated heterocycles. The number of hydrogen-bond donors (Lipinski definition) is 2. The van der Waals surface area contributed by atoms with Gasteiger partial charge in [0.15, 0.2) is 0 Å². The van der Waals surface area contributed by atoms with Crippen LogP contribution in [0.25, 0.3) is 0 Å². The lowest BCUT2D eigenvalue weighted by atomic mass is 9.68. The summed E-state index contributed by atoms with van der Waals surface area (Å²) in [5, 5.41) is 3.86. The van der Waals surface area contributed by atoms with Gasteiger partial charge in [0.05, 0.1) is 6.04 Å². The van der Waals surface area contributed by atoms with E-state index in [1.807, 2.05) is 11.0 Å². The number of benzene rings is 2. The van der Waals surface area contributed by atoms with Crippen LogP contribution in [0.2, 0.25) is 0 Å². The van der Waals surface area contributed by atoms with Crippen LogP contribution in [0.15, 0.2) is 48.5 Å². The van der Waals surface area contributed by atoms with E-state index in [9.17, 15) is 9.59 Å². The normalized spacial score (nSPS) is 31.0. The second-order valence-electron chi connectivity index (χ2n) is 10.2. The second kappa shape index (κ2) is 7.65. The van der Waals surface area contributed by atoms with Crippen LogP contribution in [-0.2, 0) is 4.79 Å². The van der Waals surface area contributed by atoms with Gasteiger partial charge in [0.25, 0.3) is 5.91 Å². The van der Waals surface area contributed by atoms with Gasteiger partial charge >= 0.3 is 0 Å². The van der Waals surface area contributed by atoms with Crippen LogP contribution < -0.4 is 11.1 Å². The molecular weight excluding hydrogens is 398 g/mol. The van der Waals surface area contributed by atoms with Crippen molar-refractivity contribution < 1.29 is 9.59 Å². The first-order chi connectivity index (χ1) is 15.6. The number of nitrogens with zero attached hydrogens (tertiary/aromatic N) is 1. The van der Waals surface area contributed by atoms with Gasteiger partial charge in [-0.15, -0.1) is 0 Å². The minimum absolute atomic E-state index is 0.0839. The highest BCUT2D eigenvalue weighted by Gasteiger charge is 2.53. The predicted octanol–water partition coefficient (Wildman–Crippen LogP) is 4.32. The molecule has 2 heterocycles. The Morgan fingerprint density at radius 3 is 2.44 bits per heavy atom. The Bertz CT molecular complexity index is 1040. The first kappa shape index (κ1) is 19.8. The Morgan fingerprint density at radius 2 is 1.69 bits per heavy atom. The van der Waals surface area contributed by atoms with Gasteiger partial charge < -0.3 is 16.0 Å². The molecular formula is C27H31N3O2. The molecule has 166 valence electrons. The van der Waals surface area contributed by atoms with E-state index in [1.165, 1.54) is 36.1 Å². The molecule has 2 aliphatic carbocycles. The van der Waals surface area contributed by atoms with Crippen molar-refractivity contribution in [1.82, 2.24) is 4.90 Å². The maximum absolute atomic E-state index is 13.3. The van der Waals surface area contributed by atoms with Gasteiger partial charge in [-0.25, -0.2) is 0 Å². The summed E-state index contributed by atoms with van der Waals surface area (Å²) in [5.41, 5.74) is 10.1. The highest BCUT2D eigenvalue weighted by molar-refractivity contribution is 5.95. The van der Waals surface area contributed by atoms with Gasteiger partial charge in [-0.05, 0) is 85.1 Å². The van der Waals surface area contributed by atoms with E-state index in [0.29, 0.717) is 43.8 Å². The van der Waals surface area contributed by atoms with E-state index in [2.05, 4.69) is 47.8 Å². The molecule has 3 N–H and O–H groups in total.